The third kappa shape index (κ3) is 4.45. The van der Waals surface area contributed by atoms with Crippen LogP contribution in [-0.2, 0) is 16.0 Å². The number of piperidine rings is 1. The molecule has 1 heterocycles. The Morgan fingerprint density at radius 1 is 1.43 bits per heavy atom. The SMILES string of the molecule is CCCOc1cccc(CC(=O)N2CCCC(O)(C(N)=O)C2)c1. The number of carbonyl (C=O) groups excluding carboxylic acids is 2. The summed E-state index contributed by atoms with van der Waals surface area (Å²) in [6, 6.07) is 7.42. The first-order valence-corrected chi connectivity index (χ1v) is 7.96. The number of hydrogen-bond acceptors (Lipinski definition) is 4. The van der Waals surface area contributed by atoms with Crippen molar-refractivity contribution in [3.63, 3.8) is 0 Å². The number of rotatable bonds is 6. The van der Waals surface area contributed by atoms with Crippen LogP contribution in [0.3, 0.4) is 0 Å². The molecule has 0 radical (unpaired) electrons. The number of nitrogens with zero attached hydrogens (tertiary/aromatic N) is 1. The Kier molecular flexibility index (Phi) is 5.60. The number of carbonyl (C=O) groups is 2. The lowest BCUT2D eigenvalue weighted by molar-refractivity contribution is -0.148. The number of ether oxygens (including phenoxy) is 1. The molecular weight excluding hydrogens is 296 g/mol. The monoisotopic (exact) mass is 320 g/mol. The quantitative estimate of drug-likeness (QED) is 0.813. The van der Waals surface area contributed by atoms with Gasteiger partial charge in [-0.3, -0.25) is 9.59 Å². The van der Waals surface area contributed by atoms with Crippen molar-refractivity contribution in [2.24, 2.45) is 5.73 Å². The van der Waals surface area contributed by atoms with Gasteiger partial charge in [0.1, 0.15) is 5.75 Å². The normalized spacial score (nSPS) is 21.0. The predicted molar refractivity (Wildman–Crippen MR) is 85.9 cm³/mol. The van der Waals surface area contributed by atoms with Gasteiger partial charge in [0, 0.05) is 6.54 Å². The van der Waals surface area contributed by atoms with E-state index in [1.54, 1.807) is 0 Å². The summed E-state index contributed by atoms with van der Waals surface area (Å²) in [7, 11) is 0. The zero-order valence-corrected chi connectivity index (χ0v) is 13.5. The van der Waals surface area contributed by atoms with Crippen LogP contribution in [0.25, 0.3) is 0 Å². The van der Waals surface area contributed by atoms with Gasteiger partial charge in [-0.1, -0.05) is 19.1 Å². The molecule has 6 heteroatoms. The molecule has 0 aromatic heterocycles. The van der Waals surface area contributed by atoms with Gasteiger partial charge in [0.15, 0.2) is 5.60 Å². The highest BCUT2D eigenvalue weighted by atomic mass is 16.5. The van der Waals surface area contributed by atoms with Gasteiger partial charge in [-0.15, -0.1) is 0 Å². The van der Waals surface area contributed by atoms with E-state index in [4.69, 9.17) is 10.5 Å². The van der Waals surface area contributed by atoms with E-state index < -0.39 is 11.5 Å². The summed E-state index contributed by atoms with van der Waals surface area (Å²) in [5, 5.41) is 10.2. The molecule has 1 unspecified atom stereocenters. The van der Waals surface area contributed by atoms with Crippen LogP contribution >= 0.6 is 0 Å². The minimum Gasteiger partial charge on any atom is -0.494 e. The molecule has 0 bridgehead atoms. The molecule has 23 heavy (non-hydrogen) atoms. The Morgan fingerprint density at radius 3 is 2.91 bits per heavy atom. The van der Waals surface area contributed by atoms with Crippen molar-refractivity contribution in [1.29, 1.82) is 0 Å². The standard InChI is InChI=1S/C17H24N2O4/c1-2-9-23-14-6-3-5-13(10-14)11-15(20)19-8-4-7-17(22,12-19)16(18)21/h3,5-6,10,22H,2,4,7-9,11-12H2,1H3,(H2,18,21). The van der Waals surface area contributed by atoms with E-state index in [9.17, 15) is 14.7 Å². The molecule has 1 aliphatic rings. The first-order valence-electron chi connectivity index (χ1n) is 7.96. The Bertz CT molecular complexity index is 575. The van der Waals surface area contributed by atoms with Crippen molar-refractivity contribution in [2.45, 2.75) is 38.2 Å². The highest BCUT2D eigenvalue weighted by Gasteiger charge is 2.40. The van der Waals surface area contributed by atoms with Gasteiger partial charge in [-0.25, -0.2) is 0 Å². The molecule has 2 rings (SSSR count). The van der Waals surface area contributed by atoms with Gasteiger partial charge < -0.3 is 20.5 Å². The average Bonchev–Trinajstić information content (AvgIpc) is 2.53. The van der Waals surface area contributed by atoms with Crippen molar-refractivity contribution in [1.82, 2.24) is 4.90 Å². The van der Waals surface area contributed by atoms with Crippen molar-refractivity contribution in [3.05, 3.63) is 29.8 Å². The van der Waals surface area contributed by atoms with Gasteiger partial charge in [0.05, 0.1) is 19.6 Å². The number of aliphatic hydroxyl groups is 1. The van der Waals surface area contributed by atoms with Crippen LogP contribution in [0.5, 0.6) is 5.75 Å². The van der Waals surface area contributed by atoms with Crippen molar-refractivity contribution in [2.75, 3.05) is 19.7 Å². The zero-order chi connectivity index (χ0) is 16.9. The average molecular weight is 320 g/mol. The molecular formula is C17H24N2O4. The highest BCUT2D eigenvalue weighted by molar-refractivity contribution is 5.85. The molecule has 1 aromatic carbocycles. The smallest absolute Gasteiger partial charge is 0.251 e. The Hall–Kier alpha value is -2.08. The molecule has 0 spiro atoms. The van der Waals surface area contributed by atoms with Gasteiger partial charge in [0.25, 0.3) is 5.91 Å². The van der Waals surface area contributed by atoms with E-state index in [1.165, 1.54) is 4.90 Å². The van der Waals surface area contributed by atoms with Crippen LogP contribution in [0.4, 0.5) is 0 Å². The molecule has 1 aliphatic heterocycles. The molecule has 6 nitrogen and oxygen atoms in total. The predicted octanol–water partition coefficient (Wildman–Crippen LogP) is 0.857. The van der Waals surface area contributed by atoms with Crippen molar-refractivity contribution in [3.8, 4) is 5.75 Å². The molecule has 1 aromatic rings. The minimum atomic E-state index is -1.61. The van der Waals surface area contributed by atoms with Crippen LogP contribution in [0.15, 0.2) is 24.3 Å². The highest BCUT2D eigenvalue weighted by Crippen LogP contribution is 2.22. The summed E-state index contributed by atoms with van der Waals surface area (Å²) in [6.45, 7) is 3.16. The van der Waals surface area contributed by atoms with Crippen molar-refractivity contribution < 1.29 is 19.4 Å². The lowest BCUT2D eigenvalue weighted by atomic mass is 9.92. The number of β-amino-alcohol motifs (C(OH)–C–C–N with tert-alkyl or cyclic N) is 1. The van der Waals surface area contributed by atoms with E-state index in [-0.39, 0.29) is 18.9 Å². The number of primary amides is 1. The van der Waals surface area contributed by atoms with Gasteiger partial charge in [-0.2, -0.15) is 0 Å². The fourth-order valence-electron chi connectivity index (χ4n) is 2.70. The van der Waals surface area contributed by atoms with Crippen LogP contribution in [0, 0.1) is 0 Å². The second kappa shape index (κ2) is 7.46. The summed E-state index contributed by atoms with van der Waals surface area (Å²) in [6.07, 6.45) is 1.98. The molecule has 1 fully saturated rings. The van der Waals surface area contributed by atoms with E-state index in [2.05, 4.69) is 0 Å². The third-order valence-corrected chi connectivity index (χ3v) is 4.01. The number of nitrogens with two attached hydrogens (primary N) is 1. The van der Waals surface area contributed by atoms with E-state index in [0.29, 0.717) is 26.0 Å². The molecule has 0 aliphatic carbocycles. The largest absolute Gasteiger partial charge is 0.494 e. The lowest BCUT2D eigenvalue weighted by Crippen LogP contribution is -2.57. The minimum absolute atomic E-state index is 0.0345. The summed E-state index contributed by atoms with van der Waals surface area (Å²) >= 11 is 0. The van der Waals surface area contributed by atoms with Crippen LogP contribution < -0.4 is 10.5 Å². The van der Waals surface area contributed by atoms with Crippen molar-refractivity contribution >= 4 is 11.8 Å². The number of hydrogen-bond donors (Lipinski definition) is 2. The summed E-state index contributed by atoms with van der Waals surface area (Å²) in [5.41, 5.74) is 4.47. The number of benzene rings is 1. The Morgan fingerprint density at radius 2 is 2.22 bits per heavy atom. The molecule has 1 atom stereocenters. The van der Waals surface area contributed by atoms with Crippen LogP contribution in [0.2, 0.25) is 0 Å². The van der Waals surface area contributed by atoms with Gasteiger partial charge in [0.2, 0.25) is 5.91 Å². The third-order valence-electron chi connectivity index (χ3n) is 4.01. The topological polar surface area (TPSA) is 92.9 Å². The lowest BCUT2D eigenvalue weighted by Gasteiger charge is -2.37. The molecule has 0 saturated carbocycles. The molecule has 1 saturated heterocycles. The number of amides is 2. The summed E-state index contributed by atoms with van der Waals surface area (Å²) in [5.74, 6) is -0.161. The maximum atomic E-state index is 12.4. The Labute approximate surface area is 136 Å². The zero-order valence-electron chi connectivity index (χ0n) is 13.5. The fraction of sp³-hybridized carbons (Fsp3) is 0.529. The second-order valence-corrected chi connectivity index (χ2v) is 5.99. The van der Waals surface area contributed by atoms with Gasteiger partial charge in [-0.05, 0) is 37.0 Å². The maximum absolute atomic E-state index is 12.4. The summed E-state index contributed by atoms with van der Waals surface area (Å²) < 4.78 is 5.56. The molecule has 2 amide bonds. The summed E-state index contributed by atoms with van der Waals surface area (Å²) in [4.78, 5) is 25.3. The van der Waals surface area contributed by atoms with Gasteiger partial charge >= 0.3 is 0 Å². The maximum Gasteiger partial charge on any atom is 0.251 e. The van der Waals surface area contributed by atoms with E-state index >= 15 is 0 Å². The number of likely N-dealkylation sites (tertiary alicyclic amines) is 1. The van der Waals surface area contributed by atoms with E-state index in [0.717, 1.165) is 17.7 Å². The first-order chi connectivity index (χ1) is 10.9. The van der Waals surface area contributed by atoms with Crippen LogP contribution in [0.1, 0.15) is 31.7 Å². The Balaban J connectivity index is 2.00. The van der Waals surface area contributed by atoms with E-state index in [1.807, 2.05) is 31.2 Å². The first kappa shape index (κ1) is 17.3. The molecule has 3 N–H and O–H groups in total. The molecule has 126 valence electrons. The fourth-order valence-corrected chi connectivity index (χ4v) is 2.70. The second-order valence-electron chi connectivity index (χ2n) is 5.99. The van der Waals surface area contributed by atoms with Crippen LogP contribution in [-0.4, -0.2) is 47.1 Å².